The number of nitrogens with one attached hydrogen (secondary N) is 2. The Hall–Kier alpha value is -3.73. The molecule has 0 aliphatic heterocycles. The molecule has 27 heavy (non-hydrogen) atoms. The Morgan fingerprint density at radius 1 is 1.11 bits per heavy atom. The van der Waals surface area contributed by atoms with Crippen LogP contribution in [0.1, 0.15) is 5.56 Å². The molecule has 0 fully saturated rings. The molecule has 5 heteroatoms. The van der Waals surface area contributed by atoms with Gasteiger partial charge in [-0.25, -0.2) is 0 Å². The van der Waals surface area contributed by atoms with Gasteiger partial charge in [-0.2, -0.15) is 0 Å². The highest BCUT2D eigenvalue weighted by molar-refractivity contribution is 6.05. The predicted octanol–water partition coefficient (Wildman–Crippen LogP) is 5.41. The minimum atomic E-state index is -0.0368. The summed E-state index contributed by atoms with van der Waals surface area (Å²) in [6.07, 6.45) is 6.21. The molecule has 0 aliphatic carbocycles. The van der Waals surface area contributed by atoms with E-state index in [0.717, 1.165) is 50.7 Å². The van der Waals surface area contributed by atoms with Gasteiger partial charge in [0.25, 0.3) is 0 Å². The van der Waals surface area contributed by atoms with Crippen LogP contribution in [0.4, 0.5) is 0 Å². The predicted molar refractivity (Wildman–Crippen MR) is 107 cm³/mol. The Bertz CT molecular complexity index is 1290. The van der Waals surface area contributed by atoms with Crippen LogP contribution in [0, 0.1) is 0 Å². The molecular formula is C22H17N3O2. The summed E-state index contributed by atoms with van der Waals surface area (Å²) in [6, 6.07) is 14.0. The summed E-state index contributed by atoms with van der Waals surface area (Å²) in [7, 11) is 0. The van der Waals surface area contributed by atoms with Crippen molar-refractivity contribution < 1.29 is 9.52 Å². The number of aromatic amines is 2. The molecule has 0 aliphatic rings. The minimum absolute atomic E-state index is 0.0368. The van der Waals surface area contributed by atoms with Gasteiger partial charge in [-0.3, -0.25) is 5.10 Å². The van der Waals surface area contributed by atoms with Crippen molar-refractivity contribution in [2.45, 2.75) is 6.42 Å². The van der Waals surface area contributed by atoms with Crippen molar-refractivity contribution in [1.29, 1.82) is 0 Å². The summed E-state index contributed by atoms with van der Waals surface area (Å²) >= 11 is 0. The zero-order chi connectivity index (χ0) is 18.4. The topological polar surface area (TPSA) is 77.8 Å². The van der Waals surface area contributed by atoms with Gasteiger partial charge in [-0.15, -0.1) is 11.7 Å². The summed E-state index contributed by atoms with van der Waals surface area (Å²) in [5.74, 6) is -0.0368. The Morgan fingerprint density at radius 3 is 2.89 bits per heavy atom. The van der Waals surface area contributed by atoms with Gasteiger partial charge in [0.2, 0.25) is 5.88 Å². The SMILES string of the molecule is C=CCc1cccc2occ(-c3[nH]nc(O)c3-c3c[nH]c4ccccc34)c12. The van der Waals surface area contributed by atoms with Gasteiger partial charge in [0, 0.05) is 33.6 Å². The molecule has 0 saturated heterocycles. The second-order valence-corrected chi connectivity index (χ2v) is 6.48. The van der Waals surface area contributed by atoms with Gasteiger partial charge in [-0.1, -0.05) is 36.4 Å². The number of benzene rings is 2. The van der Waals surface area contributed by atoms with E-state index in [2.05, 4.69) is 27.8 Å². The standard InChI is InChI=1S/C22H17N3O2/c1-2-6-13-7-5-10-18-19(13)16(12-27-18)21-20(22(26)25-24-21)15-11-23-17-9-4-3-8-14(15)17/h2-5,7-12,23H,1,6H2,(H2,24,25,26). The van der Waals surface area contributed by atoms with Crippen LogP contribution in [-0.4, -0.2) is 20.3 Å². The minimum Gasteiger partial charge on any atom is -0.492 e. The molecule has 132 valence electrons. The van der Waals surface area contributed by atoms with E-state index in [-0.39, 0.29) is 5.88 Å². The second kappa shape index (κ2) is 5.92. The van der Waals surface area contributed by atoms with E-state index in [1.165, 1.54) is 0 Å². The van der Waals surface area contributed by atoms with E-state index in [0.29, 0.717) is 5.56 Å². The summed E-state index contributed by atoms with van der Waals surface area (Å²) in [4.78, 5) is 3.26. The fraction of sp³-hybridized carbons (Fsp3) is 0.0455. The fourth-order valence-electron chi connectivity index (χ4n) is 3.73. The number of hydrogen-bond acceptors (Lipinski definition) is 3. The van der Waals surface area contributed by atoms with Crippen molar-refractivity contribution in [2.75, 3.05) is 0 Å². The molecule has 0 amide bonds. The summed E-state index contributed by atoms with van der Waals surface area (Å²) in [5, 5.41) is 19.6. The van der Waals surface area contributed by atoms with E-state index in [4.69, 9.17) is 4.42 Å². The van der Waals surface area contributed by atoms with Crippen molar-refractivity contribution in [2.24, 2.45) is 0 Å². The van der Waals surface area contributed by atoms with Gasteiger partial charge >= 0.3 is 0 Å². The molecule has 3 aromatic heterocycles. The van der Waals surface area contributed by atoms with Crippen LogP contribution in [0.2, 0.25) is 0 Å². The van der Waals surface area contributed by atoms with Crippen LogP contribution in [0.5, 0.6) is 5.88 Å². The first-order chi connectivity index (χ1) is 13.3. The average Bonchev–Trinajstić information content (AvgIpc) is 3.38. The third-order valence-corrected chi connectivity index (χ3v) is 4.92. The zero-order valence-electron chi connectivity index (χ0n) is 14.5. The Labute approximate surface area is 155 Å². The Balaban J connectivity index is 1.80. The first-order valence-electron chi connectivity index (χ1n) is 8.72. The third kappa shape index (κ3) is 2.29. The molecule has 0 spiro atoms. The number of furan rings is 1. The molecule has 0 bridgehead atoms. The number of aromatic nitrogens is 3. The van der Waals surface area contributed by atoms with Crippen molar-refractivity contribution >= 4 is 21.9 Å². The zero-order valence-corrected chi connectivity index (χ0v) is 14.5. The van der Waals surface area contributed by atoms with Crippen LogP contribution in [0.15, 0.2) is 72.0 Å². The van der Waals surface area contributed by atoms with Crippen LogP contribution in [0.3, 0.4) is 0 Å². The van der Waals surface area contributed by atoms with Crippen molar-refractivity contribution in [3.63, 3.8) is 0 Å². The smallest absolute Gasteiger partial charge is 0.238 e. The summed E-state index contributed by atoms with van der Waals surface area (Å²) in [6.45, 7) is 3.85. The van der Waals surface area contributed by atoms with Crippen LogP contribution < -0.4 is 0 Å². The average molecular weight is 355 g/mol. The molecule has 5 rings (SSSR count). The highest BCUT2D eigenvalue weighted by Crippen LogP contribution is 2.43. The quantitative estimate of drug-likeness (QED) is 0.377. The largest absolute Gasteiger partial charge is 0.492 e. The maximum Gasteiger partial charge on any atom is 0.238 e. The Morgan fingerprint density at radius 2 is 2.00 bits per heavy atom. The first-order valence-corrected chi connectivity index (χ1v) is 8.72. The molecule has 0 atom stereocenters. The van der Waals surface area contributed by atoms with Gasteiger partial charge < -0.3 is 14.5 Å². The number of allylic oxidation sites excluding steroid dienone is 1. The lowest BCUT2D eigenvalue weighted by atomic mass is 9.97. The first kappa shape index (κ1) is 15.5. The monoisotopic (exact) mass is 355 g/mol. The van der Waals surface area contributed by atoms with Gasteiger partial charge in [0.05, 0.1) is 11.3 Å². The molecular weight excluding hydrogens is 338 g/mol. The van der Waals surface area contributed by atoms with E-state index in [9.17, 15) is 5.11 Å². The van der Waals surface area contributed by atoms with E-state index < -0.39 is 0 Å². The molecule has 0 radical (unpaired) electrons. The van der Waals surface area contributed by atoms with E-state index in [1.807, 2.05) is 48.7 Å². The summed E-state index contributed by atoms with van der Waals surface area (Å²) in [5.41, 5.74) is 6.06. The molecule has 0 unspecified atom stereocenters. The molecule has 5 aromatic rings. The van der Waals surface area contributed by atoms with Crippen molar-refractivity contribution in [3.8, 4) is 28.3 Å². The second-order valence-electron chi connectivity index (χ2n) is 6.48. The van der Waals surface area contributed by atoms with Crippen molar-refractivity contribution in [1.82, 2.24) is 15.2 Å². The lowest BCUT2D eigenvalue weighted by Gasteiger charge is -2.04. The highest BCUT2D eigenvalue weighted by Gasteiger charge is 2.22. The number of nitrogens with zero attached hydrogens (tertiary/aromatic N) is 1. The summed E-state index contributed by atoms with van der Waals surface area (Å²) < 4.78 is 5.79. The van der Waals surface area contributed by atoms with Gasteiger partial charge in [0.15, 0.2) is 0 Å². The van der Waals surface area contributed by atoms with Crippen LogP contribution in [0.25, 0.3) is 44.3 Å². The van der Waals surface area contributed by atoms with Crippen molar-refractivity contribution in [3.05, 3.63) is 73.1 Å². The molecule has 0 saturated carbocycles. The molecule has 2 aromatic carbocycles. The number of fused-ring (bicyclic) bond motifs is 2. The third-order valence-electron chi connectivity index (χ3n) is 4.92. The van der Waals surface area contributed by atoms with Gasteiger partial charge in [-0.05, 0) is 24.1 Å². The number of para-hydroxylation sites is 1. The molecule has 5 nitrogen and oxygen atoms in total. The van der Waals surface area contributed by atoms with E-state index in [1.54, 1.807) is 6.26 Å². The number of rotatable bonds is 4. The van der Waals surface area contributed by atoms with E-state index >= 15 is 0 Å². The number of hydrogen-bond donors (Lipinski definition) is 3. The van der Waals surface area contributed by atoms with Gasteiger partial charge in [0.1, 0.15) is 11.8 Å². The highest BCUT2D eigenvalue weighted by atomic mass is 16.3. The Kier molecular flexibility index (Phi) is 3.40. The fourth-order valence-corrected chi connectivity index (χ4v) is 3.73. The lowest BCUT2D eigenvalue weighted by Crippen LogP contribution is -1.86. The normalized spacial score (nSPS) is 11.4. The number of aromatic hydroxyl groups is 1. The lowest BCUT2D eigenvalue weighted by molar-refractivity contribution is 0.454. The maximum absolute atomic E-state index is 10.5. The molecule has 3 N–H and O–H groups in total. The number of H-pyrrole nitrogens is 2. The molecule has 3 heterocycles. The van der Waals surface area contributed by atoms with Crippen LogP contribution in [-0.2, 0) is 6.42 Å². The van der Waals surface area contributed by atoms with Crippen LogP contribution >= 0.6 is 0 Å². The maximum atomic E-state index is 10.5.